The molecule has 3 rings (SSSR count). The first kappa shape index (κ1) is 14.0. The third-order valence-corrected chi connectivity index (χ3v) is 4.85. The van der Waals surface area contributed by atoms with Gasteiger partial charge in [0.05, 0.1) is 21.4 Å². The van der Waals surface area contributed by atoms with E-state index in [9.17, 15) is 4.39 Å². The van der Waals surface area contributed by atoms with Crippen LogP contribution < -0.4 is 0 Å². The number of fused-ring (bicyclic) bond motifs is 1. The summed E-state index contributed by atoms with van der Waals surface area (Å²) in [7, 11) is 0. The van der Waals surface area contributed by atoms with Crippen molar-refractivity contribution in [3.05, 3.63) is 50.6 Å². The largest absolute Gasteiger partial charge is 0.323 e. The van der Waals surface area contributed by atoms with E-state index in [-0.39, 0.29) is 5.82 Å². The second-order valence-electron chi connectivity index (χ2n) is 4.39. The lowest BCUT2D eigenvalue weighted by atomic mass is 10.3. The smallest absolute Gasteiger partial charge is 0.125 e. The highest BCUT2D eigenvalue weighted by Gasteiger charge is 2.12. The normalized spacial score (nSPS) is 11.3. The van der Waals surface area contributed by atoms with Crippen molar-refractivity contribution in [1.82, 2.24) is 9.55 Å². The molecular weight excluding hydrogens is 363 g/mol. The van der Waals surface area contributed by atoms with Crippen molar-refractivity contribution in [3.8, 4) is 0 Å². The molecule has 0 atom stereocenters. The van der Waals surface area contributed by atoms with E-state index in [0.717, 1.165) is 21.7 Å². The quantitative estimate of drug-likeness (QED) is 0.599. The van der Waals surface area contributed by atoms with E-state index in [1.807, 2.05) is 6.07 Å². The van der Waals surface area contributed by atoms with E-state index in [1.165, 1.54) is 17.0 Å². The van der Waals surface area contributed by atoms with Gasteiger partial charge >= 0.3 is 0 Å². The Kier molecular flexibility index (Phi) is 4.10. The predicted octanol–water partition coefficient (Wildman–Crippen LogP) is 4.83. The van der Waals surface area contributed by atoms with Crippen LogP contribution in [0.5, 0.6) is 0 Å². The molecular formula is C14H11BrClFN2S. The first-order valence-corrected chi connectivity index (χ1v) is 8.26. The third-order valence-electron chi connectivity index (χ3n) is 3.05. The summed E-state index contributed by atoms with van der Waals surface area (Å²) in [5.74, 6) is 1.13. The molecule has 0 aliphatic carbocycles. The monoisotopic (exact) mass is 372 g/mol. The first-order valence-electron chi connectivity index (χ1n) is 6.12. The Bertz CT molecular complexity index is 753. The van der Waals surface area contributed by atoms with E-state index >= 15 is 0 Å². The van der Waals surface area contributed by atoms with E-state index in [1.54, 1.807) is 17.4 Å². The summed E-state index contributed by atoms with van der Waals surface area (Å²) in [4.78, 5) is 5.72. The zero-order valence-corrected chi connectivity index (χ0v) is 13.6. The van der Waals surface area contributed by atoms with Crippen LogP contribution in [0.15, 0.2) is 34.1 Å². The maximum Gasteiger partial charge on any atom is 0.125 e. The molecule has 0 bridgehead atoms. The number of imidazole rings is 1. The topological polar surface area (TPSA) is 17.8 Å². The van der Waals surface area contributed by atoms with Crippen molar-refractivity contribution in [2.24, 2.45) is 0 Å². The Morgan fingerprint density at radius 3 is 2.85 bits per heavy atom. The average molecular weight is 374 g/mol. The summed E-state index contributed by atoms with van der Waals surface area (Å²) >= 11 is 11.0. The minimum Gasteiger partial charge on any atom is -0.323 e. The van der Waals surface area contributed by atoms with Crippen LogP contribution in [0.4, 0.5) is 4.39 Å². The number of aryl methyl sites for hydroxylation is 1. The summed E-state index contributed by atoms with van der Waals surface area (Å²) in [6, 6.07) is 8.82. The Hall–Kier alpha value is -0.910. The number of thiophene rings is 1. The molecule has 0 unspecified atom stereocenters. The van der Waals surface area contributed by atoms with E-state index in [0.29, 0.717) is 17.8 Å². The molecule has 104 valence electrons. The average Bonchev–Trinajstić information content (AvgIpc) is 2.95. The lowest BCUT2D eigenvalue weighted by Crippen LogP contribution is -2.04. The van der Waals surface area contributed by atoms with Crippen molar-refractivity contribution in [2.75, 3.05) is 5.88 Å². The van der Waals surface area contributed by atoms with Crippen molar-refractivity contribution in [2.45, 2.75) is 13.0 Å². The lowest BCUT2D eigenvalue weighted by molar-refractivity contribution is 0.629. The van der Waals surface area contributed by atoms with E-state index < -0.39 is 0 Å². The fraction of sp³-hybridized carbons (Fsp3) is 0.214. The maximum absolute atomic E-state index is 13.3. The summed E-state index contributed by atoms with van der Waals surface area (Å²) < 4.78 is 16.5. The molecule has 0 saturated heterocycles. The lowest BCUT2D eigenvalue weighted by Gasteiger charge is -2.06. The van der Waals surface area contributed by atoms with Gasteiger partial charge in [-0.3, -0.25) is 0 Å². The van der Waals surface area contributed by atoms with Crippen molar-refractivity contribution < 1.29 is 4.39 Å². The number of aromatic nitrogens is 2. The van der Waals surface area contributed by atoms with Gasteiger partial charge in [-0.25, -0.2) is 9.37 Å². The SMILES string of the molecule is Fc1ccc2c(c1)nc(CCCl)n2Cc1ccc(Br)s1. The molecule has 2 heterocycles. The highest BCUT2D eigenvalue weighted by Crippen LogP contribution is 2.25. The summed E-state index contributed by atoms with van der Waals surface area (Å²) in [6.07, 6.45) is 0.671. The van der Waals surface area contributed by atoms with Crippen LogP contribution in [0.25, 0.3) is 11.0 Å². The highest BCUT2D eigenvalue weighted by molar-refractivity contribution is 9.11. The van der Waals surface area contributed by atoms with E-state index in [2.05, 4.69) is 31.5 Å². The minimum atomic E-state index is -0.265. The van der Waals surface area contributed by atoms with Gasteiger partial charge in [-0.2, -0.15) is 0 Å². The maximum atomic E-state index is 13.3. The van der Waals surface area contributed by atoms with Gasteiger partial charge in [0, 0.05) is 23.2 Å². The molecule has 1 aromatic carbocycles. The van der Waals surface area contributed by atoms with Gasteiger partial charge in [0.25, 0.3) is 0 Å². The summed E-state index contributed by atoms with van der Waals surface area (Å²) in [5.41, 5.74) is 1.62. The Morgan fingerprint density at radius 1 is 1.30 bits per heavy atom. The van der Waals surface area contributed by atoms with Gasteiger partial charge in [0.15, 0.2) is 0 Å². The van der Waals surface area contributed by atoms with Crippen molar-refractivity contribution >= 4 is 49.9 Å². The van der Waals surface area contributed by atoms with Crippen LogP contribution >= 0.6 is 38.9 Å². The van der Waals surface area contributed by atoms with Gasteiger partial charge in [-0.15, -0.1) is 22.9 Å². The molecule has 0 aliphatic heterocycles. The Morgan fingerprint density at radius 2 is 2.15 bits per heavy atom. The van der Waals surface area contributed by atoms with Gasteiger partial charge in [-0.1, -0.05) is 0 Å². The number of benzene rings is 1. The van der Waals surface area contributed by atoms with Crippen LogP contribution in [0.2, 0.25) is 0 Å². The standard InChI is InChI=1S/C14H11BrClFN2S/c15-13-4-2-10(20-13)8-19-12-3-1-9(17)7-11(12)18-14(19)5-6-16/h1-4,7H,5-6,8H2. The molecule has 0 radical (unpaired) electrons. The molecule has 2 nitrogen and oxygen atoms in total. The Labute approximate surface area is 133 Å². The van der Waals surface area contributed by atoms with Crippen LogP contribution in [-0.4, -0.2) is 15.4 Å². The molecule has 6 heteroatoms. The van der Waals surface area contributed by atoms with Crippen molar-refractivity contribution in [1.29, 1.82) is 0 Å². The zero-order chi connectivity index (χ0) is 14.1. The summed E-state index contributed by atoms with van der Waals surface area (Å²) in [5, 5.41) is 0. The van der Waals surface area contributed by atoms with Gasteiger partial charge < -0.3 is 4.57 Å². The molecule has 0 spiro atoms. The molecule has 2 aromatic heterocycles. The second kappa shape index (κ2) is 5.84. The number of rotatable bonds is 4. The van der Waals surface area contributed by atoms with E-state index in [4.69, 9.17) is 11.6 Å². The second-order valence-corrected chi connectivity index (χ2v) is 7.32. The van der Waals surface area contributed by atoms with Gasteiger partial charge in [-0.05, 0) is 40.2 Å². The fourth-order valence-electron chi connectivity index (χ4n) is 2.20. The zero-order valence-electron chi connectivity index (χ0n) is 10.4. The van der Waals surface area contributed by atoms with Crippen LogP contribution in [0, 0.1) is 5.82 Å². The minimum absolute atomic E-state index is 0.265. The molecule has 3 aromatic rings. The molecule has 0 N–H and O–H groups in total. The predicted molar refractivity (Wildman–Crippen MR) is 85.2 cm³/mol. The van der Waals surface area contributed by atoms with Crippen LogP contribution in [-0.2, 0) is 13.0 Å². The molecule has 0 amide bonds. The van der Waals surface area contributed by atoms with Crippen molar-refractivity contribution in [3.63, 3.8) is 0 Å². The number of hydrogen-bond acceptors (Lipinski definition) is 2. The first-order chi connectivity index (χ1) is 9.67. The van der Waals surface area contributed by atoms with Gasteiger partial charge in [0.1, 0.15) is 11.6 Å². The third kappa shape index (κ3) is 2.75. The molecule has 0 aliphatic rings. The molecule has 0 fully saturated rings. The highest BCUT2D eigenvalue weighted by atomic mass is 79.9. The van der Waals surface area contributed by atoms with Crippen LogP contribution in [0.1, 0.15) is 10.7 Å². The number of halogens is 3. The fourth-order valence-corrected chi connectivity index (χ4v) is 3.84. The summed E-state index contributed by atoms with van der Waals surface area (Å²) in [6.45, 7) is 0.727. The Balaban J connectivity index is 2.08. The molecule has 0 saturated carbocycles. The number of hydrogen-bond donors (Lipinski definition) is 0. The molecule has 20 heavy (non-hydrogen) atoms. The van der Waals surface area contributed by atoms with Crippen LogP contribution in [0.3, 0.4) is 0 Å². The number of nitrogens with zero attached hydrogens (tertiary/aromatic N) is 2. The number of alkyl halides is 1. The van der Waals surface area contributed by atoms with Gasteiger partial charge in [0.2, 0.25) is 0 Å².